The van der Waals surface area contributed by atoms with E-state index in [1.807, 2.05) is 0 Å². The molecule has 0 aromatic rings. The molecule has 0 N–H and O–H groups in total. The van der Waals surface area contributed by atoms with Crippen molar-refractivity contribution in [1.82, 2.24) is 4.90 Å². The number of hydrogen-bond donors (Lipinski definition) is 0. The molecule has 0 spiro atoms. The summed E-state index contributed by atoms with van der Waals surface area (Å²) in [5.74, 6) is 2.44. The highest BCUT2D eigenvalue weighted by Crippen LogP contribution is 2.08. The maximum atomic E-state index is 2.64. The van der Waals surface area contributed by atoms with Gasteiger partial charge in [-0.05, 0) is 37.1 Å². The van der Waals surface area contributed by atoms with Gasteiger partial charge in [0.15, 0.2) is 0 Å². The summed E-state index contributed by atoms with van der Waals surface area (Å²) < 4.78 is 0. The van der Waals surface area contributed by atoms with E-state index in [0.717, 1.165) is 17.8 Å². The fourth-order valence-electron chi connectivity index (χ4n) is 2.01. The smallest absolute Gasteiger partial charge is 0.000449 e. The highest BCUT2D eigenvalue weighted by atomic mass is 15.1. The topological polar surface area (TPSA) is 3.24 Å². The Kier molecular flexibility index (Phi) is 8.13. The lowest BCUT2D eigenvalue weighted by atomic mass is 10.1. The van der Waals surface area contributed by atoms with E-state index in [0.29, 0.717) is 0 Å². The van der Waals surface area contributed by atoms with Crippen LogP contribution in [-0.2, 0) is 0 Å². The Morgan fingerprint density at radius 2 is 1.20 bits per heavy atom. The van der Waals surface area contributed by atoms with E-state index in [2.05, 4.69) is 46.4 Å². The van der Waals surface area contributed by atoms with E-state index in [-0.39, 0.29) is 0 Å². The first kappa shape index (κ1) is 15.0. The lowest BCUT2D eigenvalue weighted by Gasteiger charge is -2.26. The minimum atomic E-state index is 0.794. The van der Waals surface area contributed by atoms with Crippen LogP contribution < -0.4 is 0 Å². The molecule has 0 unspecified atom stereocenters. The van der Waals surface area contributed by atoms with Gasteiger partial charge in [0.25, 0.3) is 0 Å². The number of rotatable bonds is 8. The molecule has 0 fully saturated rings. The third kappa shape index (κ3) is 10.2. The van der Waals surface area contributed by atoms with Crippen LogP contribution in [0, 0.1) is 17.8 Å². The van der Waals surface area contributed by atoms with Crippen LogP contribution in [0.5, 0.6) is 0 Å². The van der Waals surface area contributed by atoms with Crippen molar-refractivity contribution in [3.63, 3.8) is 0 Å². The van der Waals surface area contributed by atoms with Crippen LogP contribution in [0.15, 0.2) is 0 Å². The predicted molar refractivity (Wildman–Crippen MR) is 70.2 cm³/mol. The van der Waals surface area contributed by atoms with Gasteiger partial charge in [0.05, 0.1) is 0 Å². The van der Waals surface area contributed by atoms with Gasteiger partial charge in [0.2, 0.25) is 0 Å². The SMILES string of the molecule is CC(C)CCCN(CC(C)C)CC(C)C. The van der Waals surface area contributed by atoms with Gasteiger partial charge in [0, 0.05) is 13.1 Å². The second kappa shape index (κ2) is 8.15. The van der Waals surface area contributed by atoms with Gasteiger partial charge < -0.3 is 4.90 Å². The lowest BCUT2D eigenvalue weighted by Crippen LogP contribution is -2.32. The van der Waals surface area contributed by atoms with E-state index >= 15 is 0 Å². The Balaban J connectivity index is 3.79. The first-order valence-electron chi connectivity index (χ1n) is 6.64. The molecule has 0 bridgehead atoms. The quantitative estimate of drug-likeness (QED) is 0.588. The minimum absolute atomic E-state index is 0.794. The van der Waals surface area contributed by atoms with E-state index in [9.17, 15) is 0 Å². The maximum absolute atomic E-state index is 2.64. The Bertz CT molecular complexity index is 128. The molecule has 0 aliphatic rings. The highest BCUT2D eigenvalue weighted by Gasteiger charge is 2.09. The monoisotopic (exact) mass is 213 g/mol. The maximum Gasteiger partial charge on any atom is 0.000449 e. The Hall–Kier alpha value is -0.0400. The van der Waals surface area contributed by atoms with Gasteiger partial charge in [-0.3, -0.25) is 0 Å². The van der Waals surface area contributed by atoms with Gasteiger partial charge in [-0.2, -0.15) is 0 Å². The summed E-state index contributed by atoms with van der Waals surface area (Å²) in [5.41, 5.74) is 0. The van der Waals surface area contributed by atoms with Crippen LogP contribution in [0.3, 0.4) is 0 Å². The van der Waals surface area contributed by atoms with Crippen molar-refractivity contribution in [2.75, 3.05) is 19.6 Å². The Morgan fingerprint density at radius 1 is 0.733 bits per heavy atom. The number of nitrogens with zero attached hydrogens (tertiary/aromatic N) is 1. The largest absolute Gasteiger partial charge is 0.303 e. The van der Waals surface area contributed by atoms with Crippen LogP contribution in [0.1, 0.15) is 54.4 Å². The zero-order valence-corrected chi connectivity index (χ0v) is 11.7. The molecule has 1 heteroatoms. The summed E-state index contributed by atoms with van der Waals surface area (Å²) in [5, 5.41) is 0. The predicted octanol–water partition coefficient (Wildman–Crippen LogP) is 4.04. The molecule has 0 aromatic carbocycles. The van der Waals surface area contributed by atoms with E-state index in [1.54, 1.807) is 0 Å². The van der Waals surface area contributed by atoms with Crippen molar-refractivity contribution in [3.05, 3.63) is 0 Å². The molecule has 0 heterocycles. The van der Waals surface area contributed by atoms with Gasteiger partial charge in [-0.15, -0.1) is 0 Å². The molecule has 0 aromatic heterocycles. The van der Waals surface area contributed by atoms with Crippen molar-refractivity contribution in [2.45, 2.75) is 54.4 Å². The van der Waals surface area contributed by atoms with E-state index in [4.69, 9.17) is 0 Å². The van der Waals surface area contributed by atoms with Crippen molar-refractivity contribution in [3.8, 4) is 0 Å². The molecule has 0 amide bonds. The first-order chi connectivity index (χ1) is 6.91. The molecular weight excluding hydrogens is 182 g/mol. The lowest BCUT2D eigenvalue weighted by molar-refractivity contribution is 0.212. The molecule has 15 heavy (non-hydrogen) atoms. The van der Waals surface area contributed by atoms with Crippen molar-refractivity contribution >= 4 is 0 Å². The molecule has 0 atom stereocenters. The summed E-state index contributed by atoms with van der Waals surface area (Å²) in [7, 11) is 0. The zero-order valence-electron chi connectivity index (χ0n) is 11.7. The average molecular weight is 213 g/mol. The van der Waals surface area contributed by atoms with Crippen LogP contribution in [0.4, 0.5) is 0 Å². The summed E-state index contributed by atoms with van der Waals surface area (Å²) in [6.07, 6.45) is 2.73. The second-order valence-electron chi connectivity index (χ2n) is 6.08. The third-order valence-corrected chi connectivity index (χ3v) is 2.50. The molecule has 0 saturated carbocycles. The fourth-order valence-corrected chi connectivity index (χ4v) is 2.01. The Labute approximate surface area is 97.2 Å². The minimum Gasteiger partial charge on any atom is -0.303 e. The summed E-state index contributed by atoms with van der Waals surface area (Å²) in [6, 6.07) is 0. The van der Waals surface area contributed by atoms with Gasteiger partial charge in [-0.1, -0.05) is 41.5 Å². The molecule has 0 saturated heterocycles. The Morgan fingerprint density at radius 3 is 1.53 bits per heavy atom. The van der Waals surface area contributed by atoms with Gasteiger partial charge >= 0.3 is 0 Å². The fraction of sp³-hybridized carbons (Fsp3) is 1.00. The van der Waals surface area contributed by atoms with Crippen LogP contribution in [0.2, 0.25) is 0 Å². The van der Waals surface area contributed by atoms with Gasteiger partial charge in [0.1, 0.15) is 0 Å². The second-order valence-corrected chi connectivity index (χ2v) is 6.08. The van der Waals surface area contributed by atoms with Crippen molar-refractivity contribution in [1.29, 1.82) is 0 Å². The summed E-state index contributed by atoms with van der Waals surface area (Å²) in [6.45, 7) is 17.7. The summed E-state index contributed by atoms with van der Waals surface area (Å²) in [4.78, 5) is 2.64. The molecule has 0 aliphatic heterocycles. The van der Waals surface area contributed by atoms with Crippen LogP contribution in [0.25, 0.3) is 0 Å². The van der Waals surface area contributed by atoms with Crippen LogP contribution >= 0.6 is 0 Å². The molecule has 92 valence electrons. The van der Waals surface area contributed by atoms with Gasteiger partial charge in [-0.25, -0.2) is 0 Å². The van der Waals surface area contributed by atoms with Crippen LogP contribution in [-0.4, -0.2) is 24.5 Å². The molecule has 0 radical (unpaired) electrons. The summed E-state index contributed by atoms with van der Waals surface area (Å²) >= 11 is 0. The zero-order chi connectivity index (χ0) is 11.8. The molecule has 0 rings (SSSR count). The van der Waals surface area contributed by atoms with Crippen molar-refractivity contribution < 1.29 is 0 Å². The average Bonchev–Trinajstić information content (AvgIpc) is 2.00. The number of hydrogen-bond acceptors (Lipinski definition) is 1. The first-order valence-corrected chi connectivity index (χ1v) is 6.64. The van der Waals surface area contributed by atoms with E-state index < -0.39 is 0 Å². The molecular formula is C14H31N. The third-order valence-electron chi connectivity index (χ3n) is 2.50. The highest BCUT2D eigenvalue weighted by molar-refractivity contribution is 4.63. The van der Waals surface area contributed by atoms with Crippen molar-refractivity contribution in [2.24, 2.45) is 17.8 Å². The normalized spacial score (nSPS) is 12.4. The molecule has 1 nitrogen and oxygen atoms in total. The van der Waals surface area contributed by atoms with E-state index in [1.165, 1.54) is 32.5 Å². The standard InChI is InChI=1S/C14H31N/c1-12(2)8-7-9-15(10-13(3)4)11-14(5)6/h12-14H,7-11H2,1-6H3. The molecule has 0 aliphatic carbocycles.